The lowest BCUT2D eigenvalue weighted by molar-refractivity contribution is -0.112. The van der Waals surface area contributed by atoms with Crippen molar-refractivity contribution in [3.05, 3.63) is 0 Å². The van der Waals surface area contributed by atoms with Gasteiger partial charge in [-0.2, -0.15) is 13.2 Å². The Kier molecular flexibility index (Phi) is 2.29. The summed E-state index contributed by atoms with van der Waals surface area (Å²) in [4.78, 5) is 8.77. The SMILES string of the molecule is C[Si](C)(O)CC(F)(F)F. The highest BCUT2D eigenvalue weighted by Crippen LogP contribution is 2.25. The monoisotopic (exact) mass is 158 g/mol. The molecule has 0 amide bonds. The molecule has 0 saturated heterocycles. The maximum absolute atomic E-state index is 11.4. The van der Waals surface area contributed by atoms with Crippen LogP contribution < -0.4 is 0 Å². The number of halogens is 3. The fraction of sp³-hybridized carbons (Fsp3) is 1.00. The van der Waals surface area contributed by atoms with Gasteiger partial charge in [-0.05, 0) is 13.1 Å². The molecule has 0 aliphatic carbocycles. The first-order valence-corrected chi connectivity index (χ1v) is 5.65. The minimum atomic E-state index is -4.20. The zero-order valence-electron chi connectivity index (χ0n) is 5.29. The largest absolute Gasteiger partial charge is 0.432 e. The Morgan fingerprint density at radius 2 is 1.67 bits per heavy atom. The van der Waals surface area contributed by atoms with E-state index in [1.165, 1.54) is 13.1 Å². The van der Waals surface area contributed by atoms with Gasteiger partial charge >= 0.3 is 6.18 Å². The molecule has 0 aliphatic heterocycles. The molecule has 0 aromatic heterocycles. The summed E-state index contributed by atoms with van der Waals surface area (Å²) in [6, 6.07) is -1.01. The standard InChI is InChI=1S/C4H9F3OSi/c1-9(2,8)3-4(5,6)7/h8H,3H2,1-2H3. The molecule has 0 aliphatic rings. The summed E-state index contributed by atoms with van der Waals surface area (Å²) in [7, 11) is -2.92. The maximum Gasteiger partial charge on any atom is 0.389 e. The fourth-order valence-electron chi connectivity index (χ4n) is 0.491. The quantitative estimate of drug-likeness (QED) is 0.576. The molecule has 0 bridgehead atoms. The highest BCUT2D eigenvalue weighted by atomic mass is 28.4. The van der Waals surface area contributed by atoms with Crippen molar-refractivity contribution in [2.45, 2.75) is 25.3 Å². The first-order chi connectivity index (χ1) is 3.71. The molecule has 0 heterocycles. The van der Waals surface area contributed by atoms with Crippen molar-refractivity contribution >= 4 is 8.32 Å². The van der Waals surface area contributed by atoms with Gasteiger partial charge in [-0.1, -0.05) is 0 Å². The minimum Gasteiger partial charge on any atom is -0.432 e. The molecule has 0 unspecified atom stereocenters. The predicted molar refractivity (Wildman–Crippen MR) is 30.6 cm³/mol. The summed E-state index contributed by atoms with van der Waals surface area (Å²) >= 11 is 0. The van der Waals surface area contributed by atoms with Crippen LogP contribution in [0.1, 0.15) is 0 Å². The van der Waals surface area contributed by atoms with E-state index in [0.717, 1.165) is 0 Å². The molecule has 0 radical (unpaired) electrons. The molecule has 56 valence electrons. The van der Waals surface area contributed by atoms with E-state index in [1.807, 2.05) is 0 Å². The van der Waals surface area contributed by atoms with E-state index >= 15 is 0 Å². The van der Waals surface area contributed by atoms with E-state index < -0.39 is 20.5 Å². The van der Waals surface area contributed by atoms with Gasteiger partial charge in [-0.15, -0.1) is 0 Å². The first-order valence-electron chi connectivity index (χ1n) is 2.50. The average Bonchev–Trinajstić information content (AvgIpc) is 1.14. The second-order valence-electron chi connectivity index (χ2n) is 2.60. The molecule has 0 spiro atoms. The molecule has 1 nitrogen and oxygen atoms in total. The normalized spacial score (nSPS) is 14.0. The van der Waals surface area contributed by atoms with Gasteiger partial charge in [0, 0.05) is 0 Å². The zero-order chi connectivity index (χ0) is 7.71. The molecule has 5 heteroatoms. The molecule has 0 aromatic carbocycles. The predicted octanol–water partition coefficient (Wildman–Crippen LogP) is 1.75. The van der Waals surface area contributed by atoms with Gasteiger partial charge in [-0.25, -0.2) is 0 Å². The highest BCUT2D eigenvalue weighted by Gasteiger charge is 2.36. The third-order valence-electron chi connectivity index (χ3n) is 0.633. The lowest BCUT2D eigenvalue weighted by Gasteiger charge is -2.15. The number of alkyl halides is 3. The van der Waals surface area contributed by atoms with E-state index in [9.17, 15) is 13.2 Å². The van der Waals surface area contributed by atoms with Crippen LogP contribution in [0.5, 0.6) is 0 Å². The van der Waals surface area contributed by atoms with Crippen LogP contribution in [0.2, 0.25) is 19.1 Å². The van der Waals surface area contributed by atoms with Crippen LogP contribution in [-0.4, -0.2) is 19.3 Å². The van der Waals surface area contributed by atoms with Gasteiger partial charge in [0.05, 0.1) is 6.04 Å². The van der Waals surface area contributed by atoms with Crippen molar-refractivity contribution in [2.24, 2.45) is 0 Å². The van der Waals surface area contributed by atoms with Crippen molar-refractivity contribution < 1.29 is 18.0 Å². The average molecular weight is 158 g/mol. The molecular formula is C4H9F3OSi. The van der Waals surface area contributed by atoms with Gasteiger partial charge < -0.3 is 4.80 Å². The Morgan fingerprint density at radius 1 is 1.33 bits per heavy atom. The second kappa shape index (κ2) is 2.30. The topological polar surface area (TPSA) is 20.2 Å². The maximum atomic E-state index is 11.4. The molecule has 0 fully saturated rings. The third kappa shape index (κ3) is 7.97. The number of hydrogen-bond acceptors (Lipinski definition) is 1. The van der Waals surface area contributed by atoms with Crippen molar-refractivity contribution in [2.75, 3.05) is 0 Å². The van der Waals surface area contributed by atoms with Crippen molar-refractivity contribution in [1.82, 2.24) is 0 Å². The lowest BCUT2D eigenvalue weighted by atomic mass is 10.8. The van der Waals surface area contributed by atoms with E-state index in [0.29, 0.717) is 0 Å². The summed E-state index contributed by atoms with van der Waals surface area (Å²) in [5.41, 5.74) is 0. The first kappa shape index (κ1) is 8.97. The minimum absolute atomic E-state index is 1.01. The Hall–Kier alpha value is -0.0331. The van der Waals surface area contributed by atoms with E-state index in [-0.39, 0.29) is 0 Å². The van der Waals surface area contributed by atoms with Gasteiger partial charge in [0.1, 0.15) is 0 Å². The van der Waals surface area contributed by atoms with E-state index in [4.69, 9.17) is 4.80 Å². The van der Waals surface area contributed by atoms with Gasteiger partial charge in [0.25, 0.3) is 0 Å². The zero-order valence-corrected chi connectivity index (χ0v) is 6.29. The van der Waals surface area contributed by atoms with Crippen molar-refractivity contribution in [1.29, 1.82) is 0 Å². The van der Waals surface area contributed by atoms with Crippen LogP contribution >= 0.6 is 0 Å². The Morgan fingerprint density at radius 3 is 1.67 bits per heavy atom. The van der Waals surface area contributed by atoms with Gasteiger partial charge in [0.2, 0.25) is 0 Å². The van der Waals surface area contributed by atoms with Gasteiger partial charge in [-0.3, -0.25) is 0 Å². The number of hydrogen-bond donors (Lipinski definition) is 1. The summed E-state index contributed by atoms with van der Waals surface area (Å²) in [5.74, 6) is 0. The molecular weight excluding hydrogens is 149 g/mol. The summed E-state index contributed by atoms with van der Waals surface area (Å²) in [6.07, 6.45) is -4.20. The van der Waals surface area contributed by atoms with Gasteiger partial charge in [0.15, 0.2) is 8.32 Å². The van der Waals surface area contributed by atoms with Crippen LogP contribution in [0, 0.1) is 0 Å². The van der Waals surface area contributed by atoms with Crippen LogP contribution in [0.25, 0.3) is 0 Å². The Bertz CT molecular complexity index is 81.0. The highest BCUT2D eigenvalue weighted by molar-refractivity contribution is 6.69. The molecule has 0 rings (SSSR count). The molecule has 9 heavy (non-hydrogen) atoms. The smallest absolute Gasteiger partial charge is 0.389 e. The van der Waals surface area contributed by atoms with Crippen LogP contribution in [0.4, 0.5) is 13.2 Å². The molecule has 0 aromatic rings. The van der Waals surface area contributed by atoms with Crippen molar-refractivity contribution in [3.63, 3.8) is 0 Å². The fourth-order valence-corrected chi connectivity index (χ4v) is 1.47. The van der Waals surface area contributed by atoms with Crippen LogP contribution in [-0.2, 0) is 0 Å². The summed E-state index contributed by atoms with van der Waals surface area (Å²) in [6.45, 7) is 2.53. The number of rotatable bonds is 1. The van der Waals surface area contributed by atoms with Crippen LogP contribution in [0.15, 0.2) is 0 Å². The summed E-state index contributed by atoms with van der Waals surface area (Å²) in [5, 5.41) is 0. The van der Waals surface area contributed by atoms with E-state index in [2.05, 4.69) is 0 Å². The second-order valence-corrected chi connectivity index (χ2v) is 6.58. The van der Waals surface area contributed by atoms with Crippen molar-refractivity contribution in [3.8, 4) is 0 Å². The molecule has 0 atom stereocenters. The van der Waals surface area contributed by atoms with E-state index in [1.54, 1.807) is 0 Å². The summed E-state index contributed by atoms with van der Waals surface area (Å²) < 4.78 is 34.3. The lowest BCUT2D eigenvalue weighted by Crippen LogP contribution is -2.31. The third-order valence-corrected chi connectivity index (χ3v) is 1.90. The Labute approximate surface area is 52.6 Å². The molecule has 1 N–H and O–H groups in total. The molecule has 0 saturated carbocycles. The van der Waals surface area contributed by atoms with Crippen LogP contribution in [0.3, 0.4) is 0 Å². The Balaban J connectivity index is 3.75.